The SMILES string of the molecule is C[C@@H](CC(=O)N1Cc2ccc(N)cc2C1)C(=O)O. The molecule has 1 aromatic carbocycles. The molecular formula is C13H16N2O3. The van der Waals surface area contributed by atoms with E-state index in [4.69, 9.17) is 10.8 Å². The van der Waals surface area contributed by atoms with Crippen molar-refractivity contribution in [3.8, 4) is 0 Å². The number of carbonyl (C=O) groups is 2. The monoisotopic (exact) mass is 248 g/mol. The largest absolute Gasteiger partial charge is 0.481 e. The molecule has 0 radical (unpaired) electrons. The van der Waals surface area contributed by atoms with Gasteiger partial charge in [-0.3, -0.25) is 9.59 Å². The highest BCUT2D eigenvalue weighted by Crippen LogP contribution is 2.25. The standard InChI is InChI=1S/C13H16N2O3/c1-8(13(17)18)4-12(16)15-6-9-2-3-11(14)5-10(9)7-15/h2-3,5,8H,4,6-7,14H2,1H3,(H,17,18)/t8-/m0/s1. The second-order valence-electron chi connectivity index (χ2n) is 4.72. The van der Waals surface area contributed by atoms with Gasteiger partial charge in [-0.05, 0) is 23.3 Å². The van der Waals surface area contributed by atoms with Crippen LogP contribution >= 0.6 is 0 Å². The Balaban J connectivity index is 2.02. The molecule has 0 bridgehead atoms. The van der Waals surface area contributed by atoms with Crippen LogP contribution in [0.4, 0.5) is 5.69 Å². The third-order valence-electron chi connectivity index (χ3n) is 3.21. The van der Waals surface area contributed by atoms with Crippen LogP contribution in [-0.2, 0) is 22.7 Å². The van der Waals surface area contributed by atoms with E-state index in [2.05, 4.69) is 0 Å². The molecule has 1 heterocycles. The van der Waals surface area contributed by atoms with E-state index in [0.29, 0.717) is 18.8 Å². The molecule has 1 aliphatic rings. The van der Waals surface area contributed by atoms with Gasteiger partial charge in [0.1, 0.15) is 0 Å². The van der Waals surface area contributed by atoms with E-state index in [1.165, 1.54) is 0 Å². The molecule has 18 heavy (non-hydrogen) atoms. The van der Waals surface area contributed by atoms with Gasteiger partial charge in [0.2, 0.25) is 5.91 Å². The number of amides is 1. The lowest BCUT2D eigenvalue weighted by molar-refractivity contribution is -0.145. The summed E-state index contributed by atoms with van der Waals surface area (Å²) in [6.07, 6.45) is 0.0405. The van der Waals surface area contributed by atoms with Gasteiger partial charge in [0, 0.05) is 25.2 Å². The Bertz CT molecular complexity index is 499. The summed E-state index contributed by atoms with van der Waals surface area (Å²) in [5.41, 5.74) is 8.51. The smallest absolute Gasteiger partial charge is 0.306 e. The van der Waals surface area contributed by atoms with E-state index in [1.54, 1.807) is 11.8 Å². The molecule has 1 aliphatic heterocycles. The highest BCUT2D eigenvalue weighted by atomic mass is 16.4. The first kappa shape index (κ1) is 12.4. The average molecular weight is 248 g/mol. The Labute approximate surface area is 105 Å². The van der Waals surface area contributed by atoms with Crippen LogP contribution in [0.15, 0.2) is 18.2 Å². The number of nitrogens with two attached hydrogens (primary N) is 1. The Morgan fingerprint density at radius 3 is 2.72 bits per heavy atom. The molecule has 0 aromatic heterocycles. The Morgan fingerprint density at radius 1 is 1.39 bits per heavy atom. The topological polar surface area (TPSA) is 83.6 Å². The number of hydrogen-bond acceptors (Lipinski definition) is 3. The fourth-order valence-corrected chi connectivity index (χ4v) is 2.07. The van der Waals surface area contributed by atoms with Gasteiger partial charge < -0.3 is 15.7 Å². The van der Waals surface area contributed by atoms with Crippen molar-refractivity contribution in [3.05, 3.63) is 29.3 Å². The molecule has 1 atom stereocenters. The molecule has 5 heteroatoms. The van der Waals surface area contributed by atoms with E-state index >= 15 is 0 Å². The van der Waals surface area contributed by atoms with Crippen LogP contribution in [0.5, 0.6) is 0 Å². The van der Waals surface area contributed by atoms with E-state index in [1.807, 2.05) is 18.2 Å². The van der Waals surface area contributed by atoms with Crippen LogP contribution in [0.25, 0.3) is 0 Å². The molecule has 0 saturated heterocycles. The van der Waals surface area contributed by atoms with Gasteiger partial charge in [-0.25, -0.2) is 0 Å². The molecule has 0 spiro atoms. The van der Waals surface area contributed by atoms with E-state index < -0.39 is 11.9 Å². The summed E-state index contributed by atoms with van der Waals surface area (Å²) in [4.78, 5) is 24.3. The molecule has 0 fully saturated rings. The number of carboxylic acids is 1. The summed E-state index contributed by atoms with van der Waals surface area (Å²) in [5.74, 6) is -1.71. The molecule has 3 N–H and O–H groups in total. The van der Waals surface area contributed by atoms with Crippen molar-refractivity contribution in [2.45, 2.75) is 26.4 Å². The maximum absolute atomic E-state index is 11.9. The number of carbonyl (C=O) groups excluding carboxylic acids is 1. The van der Waals surface area contributed by atoms with Gasteiger partial charge in [-0.2, -0.15) is 0 Å². The molecule has 1 aromatic rings. The second-order valence-corrected chi connectivity index (χ2v) is 4.72. The molecule has 5 nitrogen and oxygen atoms in total. The predicted molar refractivity (Wildman–Crippen MR) is 66.5 cm³/mol. The number of aliphatic carboxylic acids is 1. The summed E-state index contributed by atoms with van der Waals surface area (Å²) in [5, 5.41) is 8.80. The van der Waals surface area contributed by atoms with Crippen molar-refractivity contribution in [1.29, 1.82) is 0 Å². The summed E-state index contributed by atoms with van der Waals surface area (Å²) in [6, 6.07) is 5.59. The third-order valence-corrected chi connectivity index (χ3v) is 3.21. The van der Waals surface area contributed by atoms with Crippen LogP contribution in [0.3, 0.4) is 0 Å². The van der Waals surface area contributed by atoms with Gasteiger partial charge in [0.25, 0.3) is 0 Å². The van der Waals surface area contributed by atoms with Crippen molar-refractivity contribution in [2.75, 3.05) is 5.73 Å². The molecule has 96 valence electrons. The Kier molecular flexibility index (Phi) is 3.23. The zero-order chi connectivity index (χ0) is 13.3. The molecule has 1 amide bonds. The minimum absolute atomic E-state index is 0.0405. The fraction of sp³-hybridized carbons (Fsp3) is 0.385. The van der Waals surface area contributed by atoms with Crippen LogP contribution in [0.1, 0.15) is 24.5 Å². The Morgan fingerprint density at radius 2 is 2.06 bits per heavy atom. The normalized spacial score (nSPS) is 15.3. The maximum atomic E-state index is 11.9. The molecule has 0 saturated carbocycles. The molecular weight excluding hydrogens is 232 g/mol. The van der Waals surface area contributed by atoms with Crippen LogP contribution in [0, 0.1) is 5.92 Å². The fourth-order valence-electron chi connectivity index (χ4n) is 2.07. The predicted octanol–water partition coefficient (Wildman–Crippen LogP) is 1.22. The van der Waals surface area contributed by atoms with Crippen LogP contribution in [0.2, 0.25) is 0 Å². The summed E-state index contributed by atoms with van der Waals surface area (Å²) < 4.78 is 0. The minimum Gasteiger partial charge on any atom is -0.481 e. The first-order valence-corrected chi connectivity index (χ1v) is 5.85. The molecule has 0 aliphatic carbocycles. The van der Waals surface area contributed by atoms with Crippen molar-refractivity contribution >= 4 is 17.6 Å². The van der Waals surface area contributed by atoms with Gasteiger partial charge in [0.15, 0.2) is 0 Å². The number of nitrogen functional groups attached to an aromatic ring is 1. The van der Waals surface area contributed by atoms with Crippen LogP contribution in [-0.4, -0.2) is 21.9 Å². The van der Waals surface area contributed by atoms with Gasteiger partial charge in [0.05, 0.1) is 5.92 Å². The number of rotatable bonds is 3. The van der Waals surface area contributed by atoms with E-state index in [-0.39, 0.29) is 12.3 Å². The lowest BCUT2D eigenvalue weighted by Gasteiger charge is -2.16. The first-order chi connectivity index (χ1) is 8.47. The zero-order valence-electron chi connectivity index (χ0n) is 10.2. The summed E-state index contributed by atoms with van der Waals surface area (Å²) >= 11 is 0. The highest BCUT2D eigenvalue weighted by molar-refractivity contribution is 5.82. The lowest BCUT2D eigenvalue weighted by atomic mass is 10.1. The molecule has 0 unspecified atom stereocenters. The quantitative estimate of drug-likeness (QED) is 0.788. The summed E-state index contributed by atoms with van der Waals surface area (Å²) in [7, 11) is 0. The maximum Gasteiger partial charge on any atom is 0.306 e. The van der Waals surface area contributed by atoms with E-state index in [0.717, 1.165) is 11.1 Å². The number of hydrogen-bond donors (Lipinski definition) is 2. The minimum atomic E-state index is -0.940. The first-order valence-electron chi connectivity index (χ1n) is 5.85. The zero-order valence-corrected chi connectivity index (χ0v) is 10.2. The third kappa shape index (κ3) is 2.45. The van der Waals surface area contributed by atoms with Crippen LogP contribution < -0.4 is 5.73 Å². The van der Waals surface area contributed by atoms with Gasteiger partial charge in [-0.15, -0.1) is 0 Å². The number of anilines is 1. The number of nitrogens with zero attached hydrogens (tertiary/aromatic N) is 1. The number of fused-ring (bicyclic) bond motifs is 1. The lowest BCUT2D eigenvalue weighted by Crippen LogP contribution is -2.28. The molecule has 2 rings (SSSR count). The van der Waals surface area contributed by atoms with E-state index in [9.17, 15) is 9.59 Å². The number of carboxylic acid groups (broad SMARTS) is 1. The average Bonchev–Trinajstić information content (AvgIpc) is 2.71. The Hall–Kier alpha value is -2.04. The van der Waals surface area contributed by atoms with Gasteiger partial charge >= 0.3 is 5.97 Å². The summed E-state index contributed by atoms with van der Waals surface area (Å²) in [6.45, 7) is 2.60. The van der Waals surface area contributed by atoms with Crippen molar-refractivity contribution in [3.63, 3.8) is 0 Å². The highest BCUT2D eigenvalue weighted by Gasteiger charge is 2.26. The van der Waals surface area contributed by atoms with Crippen molar-refractivity contribution in [1.82, 2.24) is 4.90 Å². The number of benzene rings is 1. The van der Waals surface area contributed by atoms with Crippen molar-refractivity contribution in [2.24, 2.45) is 5.92 Å². The van der Waals surface area contributed by atoms with Gasteiger partial charge in [-0.1, -0.05) is 13.0 Å². The van der Waals surface area contributed by atoms with Crippen molar-refractivity contribution < 1.29 is 14.7 Å². The second kappa shape index (κ2) is 4.68.